The summed E-state index contributed by atoms with van der Waals surface area (Å²) in [5, 5.41) is 18.1. The summed E-state index contributed by atoms with van der Waals surface area (Å²) in [6.45, 7) is 6.86. The number of hydrogen-bond acceptors (Lipinski definition) is 10. The number of carbonyl (C=O) groups excluding carboxylic acids is 2. The van der Waals surface area contributed by atoms with Gasteiger partial charge in [0.25, 0.3) is 0 Å². The fraction of sp³-hybridized carbons (Fsp3) is 0.915. The van der Waals surface area contributed by atoms with Crippen LogP contribution in [0.5, 0.6) is 0 Å². The minimum absolute atomic E-state index is 0.00637. The Morgan fingerprint density at radius 3 is 2.29 bits per heavy atom. The van der Waals surface area contributed by atoms with Crippen LogP contribution in [0, 0.1) is 5.92 Å². The first-order valence-corrected chi connectivity index (χ1v) is 24.7. The smallest absolute Gasteiger partial charge is 0.319 e. The van der Waals surface area contributed by atoms with E-state index >= 15 is 0 Å². The largest absolute Gasteiger partial charge is 0.465 e. The van der Waals surface area contributed by atoms with E-state index < -0.39 is 11.8 Å². The van der Waals surface area contributed by atoms with Crippen LogP contribution in [0.25, 0.3) is 0 Å². The third-order valence-electron chi connectivity index (χ3n) is 14.2. The summed E-state index contributed by atoms with van der Waals surface area (Å²) in [6, 6.07) is 0.630. The zero-order valence-corrected chi connectivity index (χ0v) is 37.4. The van der Waals surface area contributed by atoms with Crippen molar-refractivity contribution in [3.63, 3.8) is 0 Å². The molecule has 12 nitrogen and oxygen atoms in total. The van der Waals surface area contributed by atoms with Crippen molar-refractivity contribution < 1.29 is 33.8 Å². The predicted molar refractivity (Wildman–Crippen MR) is 234 cm³/mol. The number of nitrogens with zero attached hydrogens (tertiary/aromatic N) is 1. The molecule has 0 aromatic heterocycles. The lowest BCUT2D eigenvalue weighted by Gasteiger charge is -2.58. The van der Waals surface area contributed by atoms with Crippen LogP contribution in [0.3, 0.4) is 0 Å². The zero-order valence-electron chi connectivity index (χ0n) is 37.4. The second-order valence-corrected chi connectivity index (χ2v) is 18.8. The van der Waals surface area contributed by atoms with Crippen LogP contribution < -0.4 is 27.0 Å². The van der Waals surface area contributed by atoms with E-state index in [0.717, 1.165) is 103 Å². The molecule has 2 spiro atoms. The molecule has 0 saturated carbocycles. The quantitative estimate of drug-likeness (QED) is 0.0344. The summed E-state index contributed by atoms with van der Waals surface area (Å²) in [7, 11) is 0. The van der Waals surface area contributed by atoms with Crippen LogP contribution in [0.2, 0.25) is 0 Å². The number of hydrogen-bond donors (Lipinski definition) is 6. The maximum atomic E-state index is 14.2. The molecular formula is C47H87N6O6+. The summed E-state index contributed by atoms with van der Waals surface area (Å²) in [5.74, 6) is -0.229. The van der Waals surface area contributed by atoms with Gasteiger partial charge >= 0.3 is 5.97 Å². The maximum absolute atomic E-state index is 14.2. The Kier molecular flexibility index (Phi) is 20.9. The Morgan fingerprint density at radius 1 is 0.898 bits per heavy atom. The van der Waals surface area contributed by atoms with Gasteiger partial charge in [0.15, 0.2) is 5.92 Å². The Hall–Kier alpha value is -1.64. The van der Waals surface area contributed by atoms with Crippen molar-refractivity contribution in [3.8, 4) is 0 Å². The van der Waals surface area contributed by atoms with Gasteiger partial charge in [0, 0.05) is 38.8 Å². The van der Waals surface area contributed by atoms with E-state index in [1.54, 1.807) is 4.90 Å². The second-order valence-electron chi connectivity index (χ2n) is 18.8. The SMILES string of the molecule is CCCC1CCCC2(NC3NC4(CCC=CC(CC)O4)CC4CCC(C2C(=O)OCCCCCCCCCCCCCCCC(=O)N(CCCN)CC(O)CCN)[NH+]43)O1. The van der Waals surface area contributed by atoms with Crippen LogP contribution in [-0.2, 0) is 23.8 Å². The van der Waals surface area contributed by atoms with Crippen molar-refractivity contribution in [1.82, 2.24) is 15.5 Å². The fourth-order valence-electron chi connectivity index (χ4n) is 11.2. The maximum Gasteiger partial charge on any atom is 0.319 e. The van der Waals surface area contributed by atoms with Gasteiger partial charge in [-0.15, -0.1) is 0 Å². The number of rotatable bonds is 27. The lowest BCUT2D eigenvalue weighted by Crippen LogP contribution is -3.29. The number of nitrogens with one attached hydrogen (secondary N) is 3. The highest BCUT2D eigenvalue weighted by Crippen LogP contribution is 2.43. The van der Waals surface area contributed by atoms with Gasteiger partial charge < -0.3 is 40.6 Å². The summed E-state index contributed by atoms with van der Waals surface area (Å²) >= 11 is 0. The molecule has 5 aliphatic heterocycles. The molecule has 5 rings (SSSR count). The first-order valence-electron chi connectivity index (χ1n) is 24.7. The van der Waals surface area contributed by atoms with E-state index in [4.69, 9.17) is 25.7 Å². The lowest BCUT2D eigenvalue weighted by molar-refractivity contribution is -0.985. The van der Waals surface area contributed by atoms with E-state index in [1.807, 2.05) is 0 Å². The molecule has 340 valence electrons. The Bertz CT molecular complexity index is 1260. The van der Waals surface area contributed by atoms with E-state index in [1.165, 1.54) is 62.7 Å². The van der Waals surface area contributed by atoms with E-state index in [-0.39, 0.29) is 48.1 Å². The molecule has 10 atom stereocenters. The van der Waals surface area contributed by atoms with Gasteiger partial charge in [-0.25, -0.2) is 10.6 Å². The average Bonchev–Trinajstić information content (AvgIpc) is 3.53. The highest BCUT2D eigenvalue weighted by atomic mass is 16.6. The third-order valence-corrected chi connectivity index (χ3v) is 14.2. The topological polar surface area (TPSA) is 166 Å². The van der Waals surface area contributed by atoms with Gasteiger partial charge in [-0.2, -0.15) is 0 Å². The first kappa shape index (κ1) is 48.4. The van der Waals surface area contributed by atoms with Gasteiger partial charge in [0.1, 0.15) is 17.5 Å². The van der Waals surface area contributed by atoms with E-state index in [0.29, 0.717) is 51.7 Å². The van der Waals surface area contributed by atoms with Crippen molar-refractivity contribution in [2.45, 2.75) is 235 Å². The van der Waals surface area contributed by atoms with Gasteiger partial charge in [0.05, 0.1) is 31.0 Å². The lowest BCUT2D eigenvalue weighted by atomic mass is 9.79. The Labute approximate surface area is 358 Å². The molecule has 0 aliphatic carbocycles. The number of nitrogens with two attached hydrogens (primary N) is 2. The van der Waals surface area contributed by atoms with Crippen LogP contribution in [0.1, 0.15) is 187 Å². The molecule has 0 aromatic carbocycles. The number of allylic oxidation sites excluding steroid dienone is 1. The van der Waals surface area contributed by atoms with Crippen LogP contribution in [0.4, 0.5) is 0 Å². The van der Waals surface area contributed by atoms with Gasteiger partial charge in [-0.05, 0) is 83.7 Å². The summed E-state index contributed by atoms with van der Waals surface area (Å²) in [6.07, 6.45) is 32.5. The minimum Gasteiger partial charge on any atom is -0.465 e. The molecule has 4 fully saturated rings. The van der Waals surface area contributed by atoms with E-state index in [2.05, 4.69) is 36.6 Å². The average molecular weight is 832 g/mol. The summed E-state index contributed by atoms with van der Waals surface area (Å²) in [5.41, 5.74) is 10.2. The molecule has 0 aromatic rings. The van der Waals surface area contributed by atoms with Crippen molar-refractivity contribution in [2.24, 2.45) is 17.4 Å². The molecule has 12 heteroatoms. The van der Waals surface area contributed by atoms with Crippen LogP contribution in [-0.4, -0.2) is 103 Å². The normalized spacial score (nSPS) is 31.9. The number of carbonyl (C=O) groups is 2. The van der Waals surface area contributed by atoms with Crippen molar-refractivity contribution in [2.75, 3.05) is 32.8 Å². The van der Waals surface area contributed by atoms with Crippen molar-refractivity contribution in [3.05, 3.63) is 12.2 Å². The highest BCUT2D eigenvalue weighted by Gasteiger charge is 2.67. The second kappa shape index (κ2) is 25.5. The van der Waals surface area contributed by atoms with Gasteiger partial charge in [0.2, 0.25) is 12.2 Å². The van der Waals surface area contributed by atoms with Gasteiger partial charge in [-0.3, -0.25) is 9.59 Å². The molecule has 4 saturated heterocycles. The highest BCUT2D eigenvalue weighted by molar-refractivity contribution is 5.76. The van der Waals surface area contributed by atoms with Crippen molar-refractivity contribution >= 4 is 11.9 Å². The molecule has 0 bridgehead atoms. The Morgan fingerprint density at radius 2 is 1.61 bits per heavy atom. The minimum atomic E-state index is -0.703. The van der Waals surface area contributed by atoms with Gasteiger partial charge in [-0.1, -0.05) is 103 Å². The standard InChI is InChI=1S/C47H86N6O6/c1-3-22-40-24-20-30-47(59-40)43(41-27-26-37-35-46(50-45(51-47)53(37)41)29-18-17-23-39(4-2)58-46)44(56)57-34-19-15-13-11-9-7-5-6-8-10-12-14-16-25-42(55)52(33-21-31-48)36-38(54)28-32-49/h17,23,37-41,43,45,50-51,54H,3-16,18-22,24-36,48-49H2,1-2H3/p+1. The summed E-state index contributed by atoms with van der Waals surface area (Å²) in [4.78, 5) is 30.2. The molecule has 59 heavy (non-hydrogen) atoms. The number of amides is 1. The molecule has 5 aliphatic rings. The molecule has 8 N–H and O–H groups in total. The zero-order chi connectivity index (χ0) is 41.9. The van der Waals surface area contributed by atoms with E-state index in [9.17, 15) is 14.7 Å². The molecule has 5 heterocycles. The molecule has 10 unspecified atom stereocenters. The predicted octanol–water partition coefficient (Wildman–Crippen LogP) is 5.70. The van der Waals surface area contributed by atoms with Crippen LogP contribution >= 0.6 is 0 Å². The summed E-state index contributed by atoms with van der Waals surface area (Å²) < 4.78 is 20.1. The fourth-order valence-corrected chi connectivity index (χ4v) is 11.2. The number of ether oxygens (including phenoxy) is 3. The number of esters is 1. The third kappa shape index (κ3) is 14.2. The molecule has 0 radical (unpaired) electrons. The first-order chi connectivity index (χ1) is 28.8. The van der Waals surface area contributed by atoms with Crippen LogP contribution in [0.15, 0.2) is 12.2 Å². The molecular weight excluding hydrogens is 745 g/mol. The number of quaternary nitrogens is 1. The number of aliphatic hydroxyl groups is 1. The number of unbranched alkanes of at least 4 members (excludes halogenated alkanes) is 12. The Balaban J connectivity index is 0.957. The monoisotopic (exact) mass is 832 g/mol. The number of aliphatic hydroxyl groups excluding tert-OH is 1. The van der Waals surface area contributed by atoms with Crippen molar-refractivity contribution in [1.29, 1.82) is 0 Å². The molecule has 1 amide bonds.